The Balaban J connectivity index is 2.13. The minimum Gasteiger partial charge on any atom is -0.377 e. The third kappa shape index (κ3) is 3.64. The molecule has 21 heavy (non-hydrogen) atoms. The van der Waals surface area contributed by atoms with Crippen molar-refractivity contribution >= 4 is 21.4 Å². The summed E-state index contributed by atoms with van der Waals surface area (Å²) < 4.78 is 37.3. The minimum absolute atomic E-state index is 0.218. The first kappa shape index (κ1) is 16.9. The van der Waals surface area contributed by atoms with Crippen LogP contribution in [0.4, 0.5) is 0 Å². The smallest absolute Gasteiger partial charge is 0.244 e. The fraction of sp³-hybridized carbons (Fsp3) is 0.692. The highest BCUT2D eigenvalue weighted by Crippen LogP contribution is 2.27. The van der Waals surface area contributed by atoms with Gasteiger partial charge in [-0.1, -0.05) is 6.92 Å². The fourth-order valence-corrected chi connectivity index (χ4v) is 5.04. The summed E-state index contributed by atoms with van der Waals surface area (Å²) >= 11 is 1.46. The van der Waals surface area contributed by atoms with Crippen LogP contribution in [0.3, 0.4) is 0 Å². The third-order valence-electron chi connectivity index (χ3n) is 3.60. The van der Waals surface area contributed by atoms with E-state index in [4.69, 9.17) is 9.47 Å². The Labute approximate surface area is 130 Å². The van der Waals surface area contributed by atoms with Crippen molar-refractivity contribution in [1.82, 2.24) is 9.62 Å². The molecule has 0 aliphatic carbocycles. The van der Waals surface area contributed by atoms with Crippen molar-refractivity contribution in [3.05, 3.63) is 16.3 Å². The molecule has 6 nitrogen and oxygen atoms in total. The number of nitrogens with zero attached hydrogens (tertiary/aromatic N) is 1. The van der Waals surface area contributed by atoms with Crippen molar-refractivity contribution in [3.8, 4) is 0 Å². The zero-order chi connectivity index (χ0) is 15.5. The van der Waals surface area contributed by atoms with Gasteiger partial charge in [-0.25, -0.2) is 8.42 Å². The predicted molar refractivity (Wildman–Crippen MR) is 82.1 cm³/mol. The molecule has 1 aliphatic heterocycles. The van der Waals surface area contributed by atoms with Crippen molar-refractivity contribution in [2.24, 2.45) is 0 Å². The van der Waals surface area contributed by atoms with Gasteiger partial charge in [0.2, 0.25) is 10.0 Å². The zero-order valence-corrected chi connectivity index (χ0v) is 14.2. The van der Waals surface area contributed by atoms with Crippen LogP contribution in [0.5, 0.6) is 0 Å². The van der Waals surface area contributed by atoms with Crippen LogP contribution in [0.2, 0.25) is 0 Å². The molecule has 1 aliphatic rings. The average Bonchev–Trinajstić information content (AvgIpc) is 3.11. The molecule has 0 amide bonds. The van der Waals surface area contributed by atoms with Gasteiger partial charge < -0.3 is 14.8 Å². The van der Waals surface area contributed by atoms with Gasteiger partial charge >= 0.3 is 0 Å². The average molecular weight is 334 g/mol. The molecular formula is C13H22N2O4S2. The van der Waals surface area contributed by atoms with Crippen LogP contribution in [-0.4, -0.2) is 58.8 Å². The molecule has 1 fully saturated rings. The molecule has 0 aromatic carbocycles. The number of hydrogen-bond acceptors (Lipinski definition) is 6. The first-order valence-corrected chi connectivity index (χ1v) is 9.18. The summed E-state index contributed by atoms with van der Waals surface area (Å²) in [5.41, 5.74) is 0. The van der Waals surface area contributed by atoms with Gasteiger partial charge in [-0.05, 0) is 12.6 Å². The van der Waals surface area contributed by atoms with Crippen molar-refractivity contribution in [2.75, 3.05) is 33.9 Å². The molecule has 1 aromatic rings. The molecule has 1 aromatic heterocycles. The molecule has 2 atom stereocenters. The number of thiophene rings is 1. The van der Waals surface area contributed by atoms with Crippen LogP contribution in [0.25, 0.3) is 0 Å². The van der Waals surface area contributed by atoms with E-state index in [1.807, 2.05) is 6.92 Å². The van der Waals surface area contributed by atoms with Crippen molar-refractivity contribution in [3.63, 3.8) is 0 Å². The monoisotopic (exact) mass is 334 g/mol. The topological polar surface area (TPSA) is 67.9 Å². The Hall–Kier alpha value is -0.510. The second-order valence-corrected chi connectivity index (χ2v) is 7.83. The van der Waals surface area contributed by atoms with Gasteiger partial charge in [0.25, 0.3) is 0 Å². The van der Waals surface area contributed by atoms with Gasteiger partial charge in [-0.15, -0.1) is 11.3 Å². The van der Waals surface area contributed by atoms with Gasteiger partial charge in [0, 0.05) is 44.1 Å². The number of ether oxygens (including phenoxy) is 2. The minimum atomic E-state index is -3.47. The normalized spacial score (nSPS) is 23.8. The quantitative estimate of drug-likeness (QED) is 0.802. The van der Waals surface area contributed by atoms with Crippen molar-refractivity contribution in [2.45, 2.75) is 30.6 Å². The zero-order valence-electron chi connectivity index (χ0n) is 12.5. The molecule has 0 spiro atoms. The van der Waals surface area contributed by atoms with Gasteiger partial charge in [0.1, 0.15) is 0 Å². The maximum absolute atomic E-state index is 12.6. The summed E-state index contributed by atoms with van der Waals surface area (Å²) in [5.74, 6) is 0. The highest BCUT2D eigenvalue weighted by Gasteiger charge is 2.40. The SMILES string of the molecule is CCNCc1cc(S(=O)(=O)N2CC(OC)C(OC)C2)cs1. The lowest BCUT2D eigenvalue weighted by molar-refractivity contribution is -0.00461. The molecule has 2 rings (SSSR count). The molecule has 0 bridgehead atoms. The largest absolute Gasteiger partial charge is 0.377 e. The standard InChI is InChI=1S/C13H22N2O4S2/c1-4-14-6-10-5-11(9-20-10)21(16,17)15-7-12(18-2)13(8-15)19-3/h5,9,12-14H,4,6-8H2,1-3H3. The molecule has 2 heterocycles. The van der Waals surface area contributed by atoms with Gasteiger partial charge in [-0.3, -0.25) is 0 Å². The Bertz CT molecular complexity index is 546. The van der Waals surface area contributed by atoms with Crippen LogP contribution >= 0.6 is 11.3 Å². The van der Waals surface area contributed by atoms with E-state index >= 15 is 0 Å². The van der Waals surface area contributed by atoms with Crippen LogP contribution in [0, 0.1) is 0 Å². The number of nitrogens with one attached hydrogen (secondary N) is 1. The number of methoxy groups -OCH3 is 2. The number of rotatable bonds is 7. The second kappa shape index (κ2) is 7.17. The summed E-state index contributed by atoms with van der Waals surface area (Å²) in [6.45, 7) is 4.23. The predicted octanol–water partition coefficient (Wildman–Crippen LogP) is 0.892. The second-order valence-electron chi connectivity index (χ2n) is 4.90. The highest BCUT2D eigenvalue weighted by molar-refractivity contribution is 7.89. The first-order valence-electron chi connectivity index (χ1n) is 6.86. The Kier molecular flexibility index (Phi) is 5.75. The van der Waals surface area contributed by atoms with E-state index in [0.717, 1.165) is 11.4 Å². The summed E-state index contributed by atoms with van der Waals surface area (Å²) in [5, 5.41) is 4.89. The van der Waals surface area contributed by atoms with E-state index in [9.17, 15) is 8.42 Å². The summed E-state index contributed by atoms with van der Waals surface area (Å²) in [6, 6.07) is 1.74. The van der Waals surface area contributed by atoms with Gasteiger partial charge in [-0.2, -0.15) is 4.31 Å². The number of sulfonamides is 1. The van der Waals surface area contributed by atoms with E-state index < -0.39 is 10.0 Å². The van der Waals surface area contributed by atoms with E-state index in [1.54, 1.807) is 25.7 Å². The lowest BCUT2D eigenvalue weighted by Crippen LogP contribution is -2.29. The van der Waals surface area contributed by atoms with E-state index in [-0.39, 0.29) is 12.2 Å². The fourth-order valence-electron chi connectivity index (χ4n) is 2.35. The van der Waals surface area contributed by atoms with Gasteiger partial charge in [0.05, 0.1) is 17.1 Å². The molecule has 0 saturated carbocycles. The van der Waals surface area contributed by atoms with E-state index in [2.05, 4.69) is 5.32 Å². The summed E-state index contributed by atoms with van der Waals surface area (Å²) in [4.78, 5) is 1.37. The summed E-state index contributed by atoms with van der Waals surface area (Å²) in [7, 11) is -0.322. The van der Waals surface area contributed by atoms with Crippen LogP contribution < -0.4 is 5.32 Å². The number of hydrogen-bond donors (Lipinski definition) is 1. The highest BCUT2D eigenvalue weighted by atomic mass is 32.2. The Morgan fingerprint density at radius 1 is 1.33 bits per heavy atom. The van der Waals surface area contributed by atoms with Crippen LogP contribution in [-0.2, 0) is 26.0 Å². The molecule has 120 valence electrons. The van der Waals surface area contributed by atoms with Crippen molar-refractivity contribution < 1.29 is 17.9 Å². The maximum Gasteiger partial charge on any atom is 0.244 e. The Morgan fingerprint density at radius 2 is 1.95 bits per heavy atom. The van der Waals surface area contributed by atoms with Crippen LogP contribution in [0.15, 0.2) is 16.3 Å². The van der Waals surface area contributed by atoms with E-state index in [1.165, 1.54) is 15.6 Å². The van der Waals surface area contributed by atoms with Crippen LogP contribution in [0.1, 0.15) is 11.8 Å². The van der Waals surface area contributed by atoms with Crippen molar-refractivity contribution in [1.29, 1.82) is 0 Å². The molecule has 0 radical (unpaired) electrons. The lowest BCUT2D eigenvalue weighted by atomic mass is 10.3. The first-order chi connectivity index (χ1) is 10.0. The summed E-state index contributed by atoms with van der Waals surface area (Å²) in [6.07, 6.45) is -0.436. The molecule has 1 saturated heterocycles. The Morgan fingerprint density at radius 3 is 2.48 bits per heavy atom. The molecule has 8 heteroatoms. The molecular weight excluding hydrogens is 312 g/mol. The van der Waals surface area contributed by atoms with E-state index in [0.29, 0.717) is 24.5 Å². The lowest BCUT2D eigenvalue weighted by Gasteiger charge is -2.14. The third-order valence-corrected chi connectivity index (χ3v) is 6.50. The molecule has 1 N–H and O–H groups in total. The maximum atomic E-state index is 12.6. The molecule has 2 unspecified atom stereocenters. The van der Waals surface area contributed by atoms with Gasteiger partial charge in [0.15, 0.2) is 0 Å².